The van der Waals surface area contributed by atoms with Gasteiger partial charge in [0.2, 0.25) is 5.88 Å². The first-order valence-electron chi connectivity index (χ1n) is 8.81. The molecule has 0 unspecified atom stereocenters. The van der Waals surface area contributed by atoms with Gasteiger partial charge in [-0.1, -0.05) is 12.1 Å². The summed E-state index contributed by atoms with van der Waals surface area (Å²) in [5, 5.41) is 19.7. The summed E-state index contributed by atoms with van der Waals surface area (Å²) in [5.41, 5.74) is 2.43. The standard InChI is InChI=1S/C19H19N7O3/c1-25-14(10-13(23-25)12-6-4-5-7-15(12)28-2)19(27)20-11-17-22-21-16-8-9-18(29-3)24-26(16)17/h4-10H,11H2,1-3H3,(H,20,27). The molecule has 0 saturated heterocycles. The van der Waals surface area contributed by atoms with Crippen LogP contribution in [0.1, 0.15) is 16.3 Å². The van der Waals surface area contributed by atoms with Crippen molar-refractivity contribution in [3.05, 3.63) is 54.0 Å². The van der Waals surface area contributed by atoms with Crippen LogP contribution in [-0.2, 0) is 13.6 Å². The topological polar surface area (TPSA) is 108 Å². The first-order valence-corrected chi connectivity index (χ1v) is 8.81. The van der Waals surface area contributed by atoms with Crippen LogP contribution >= 0.6 is 0 Å². The summed E-state index contributed by atoms with van der Waals surface area (Å²) < 4.78 is 13.6. The first kappa shape index (κ1) is 18.4. The lowest BCUT2D eigenvalue weighted by Gasteiger charge is -2.04. The molecule has 3 heterocycles. The second-order valence-corrected chi connectivity index (χ2v) is 6.18. The highest BCUT2D eigenvalue weighted by molar-refractivity contribution is 5.93. The summed E-state index contributed by atoms with van der Waals surface area (Å²) in [6, 6.07) is 12.7. The third kappa shape index (κ3) is 3.47. The van der Waals surface area contributed by atoms with Crippen LogP contribution in [0, 0.1) is 0 Å². The predicted octanol–water partition coefficient (Wildman–Crippen LogP) is 1.47. The lowest BCUT2D eigenvalue weighted by atomic mass is 10.1. The van der Waals surface area contributed by atoms with Crippen LogP contribution in [0.3, 0.4) is 0 Å². The molecule has 0 fully saturated rings. The maximum absolute atomic E-state index is 12.7. The quantitative estimate of drug-likeness (QED) is 0.528. The van der Waals surface area contributed by atoms with Gasteiger partial charge in [-0.3, -0.25) is 9.48 Å². The largest absolute Gasteiger partial charge is 0.496 e. The van der Waals surface area contributed by atoms with Gasteiger partial charge in [-0.2, -0.15) is 9.61 Å². The van der Waals surface area contributed by atoms with Crippen molar-refractivity contribution in [1.82, 2.24) is 34.9 Å². The van der Waals surface area contributed by atoms with E-state index < -0.39 is 0 Å². The Hall–Kier alpha value is -3.95. The Balaban J connectivity index is 1.55. The summed E-state index contributed by atoms with van der Waals surface area (Å²) in [7, 11) is 4.84. The molecule has 1 amide bonds. The number of hydrogen-bond acceptors (Lipinski definition) is 7. The van der Waals surface area contributed by atoms with Crippen LogP contribution < -0.4 is 14.8 Å². The van der Waals surface area contributed by atoms with Crippen LogP contribution in [0.4, 0.5) is 0 Å². The van der Waals surface area contributed by atoms with Crippen LogP contribution in [0.25, 0.3) is 16.9 Å². The number of hydrogen-bond donors (Lipinski definition) is 1. The normalized spacial score (nSPS) is 10.9. The van der Waals surface area contributed by atoms with E-state index in [4.69, 9.17) is 9.47 Å². The number of rotatable bonds is 6. The van der Waals surface area contributed by atoms with Gasteiger partial charge in [0.15, 0.2) is 11.5 Å². The lowest BCUT2D eigenvalue weighted by molar-refractivity contribution is 0.0940. The number of ether oxygens (including phenoxy) is 2. The molecule has 0 aliphatic carbocycles. The van der Waals surface area contributed by atoms with E-state index in [-0.39, 0.29) is 12.5 Å². The average Bonchev–Trinajstić information content (AvgIpc) is 3.34. The van der Waals surface area contributed by atoms with Gasteiger partial charge in [0, 0.05) is 18.7 Å². The molecule has 4 aromatic rings. The second kappa shape index (κ2) is 7.58. The molecular weight excluding hydrogens is 374 g/mol. The number of para-hydroxylation sites is 1. The third-order valence-electron chi connectivity index (χ3n) is 4.41. The van der Waals surface area contributed by atoms with Crippen LogP contribution in [-0.4, -0.2) is 49.7 Å². The fourth-order valence-corrected chi connectivity index (χ4v) is 2.95. The van der Waals surface area contributed by atoms with Crippen molar-refractivity contribution in [3.8, 4) is 22.9 Å². The zero-order chi connectivity index (χ0) is 20.4. The van der Waals surface area contributed by atoms with Crippen molar-refractivity contribution in [2.24, 2.45) is 7.05 Å². The van der Waals surface area contributed by atoms with Gasteiger partial charge in [-0.25, -0.2) is 0 Å². The minimum absolute atomic E-state index is 0.148. The number of nitrogens with zero attached hydrogens (tertiary/aromatic N) is 6. The number of carbonyl (C=O) groups excluding carboxylic acids is 1. The Morgan fingerprint density at radius 1 is 1.07 bits per heavy atom. The molecule has 0 aliphatic rings. The van der Waals surface area contributed by atoms with Crippen LogP contribution in [0.15, 0.2) is 42.5 Å². The van der Waals surface area contributed by atoms with E-state index in [0.29, 0.717) is 34.5 Å². The lowest BCUT2D eigenvalue weighted by Crippen LogP contribution is -2.26. The summed E-state index contributed by atoms with van der Waals surface area (Å²) in [6.45, 7) is 0.148. The van der Waals surface area contributed by atoms with Crippen molar-refractivity contribution in [3.63, 3.8) is 0 Å². The molecule has 0 radical (unpaired) electrons. The molecule has 0 spiro atoms. The van der Waals surface area contributed by atoms with Crippen molar-refractivity contribution in [1.29, 1.82) is 0 Å². The first-order chi connectivity index (χ1) is 14.1. The zero-order valence-corrected chi connectivity index (χ0v) is 16.2. The van der Waals surface area contributed by atoms with E-state index in [1.54, 1.807) is 32.4 Å². The van der Waals surface area contributed by atoms with Crippen molar-refractivity contribution >= 4 is 11.6 Å². The monoisotopic (exact) mass is 393 g/mol. The highest BCUT2D eigenvalue weighted by Crippen LogP contribution is 2.28. The van der Waals surface area contributed by atoms with Crippen molar-refractivity contribution in [2.75, 3.05) is 14.2 Å². The SMILES string of the molecule is COc1ccc2nnc(CNC(=O)c3cc(-c4ccccc4OC)nn3C)n2n1. The maximum Gasteiger partial charge on any atom is 0.269 e. The zero-order valence-electron chi connectivity index (χ0n) is 16.2. The van der Waals surface area contributed by atoms with Crippen molar-refractivity contribution < 1.29 is 14.3 Å². The minimum Gasteiger partial charge on any atom is -0.496 e. The molecular formula is C19H19N7O3. The highest BCUT2D eigenvalue weighted by atomic mass is 16.5. The predicted molar refractivity (Wildman–Crippen MR) is 104 cm³/mol. The molecule has 0 aliphatic heterocycles. The minimum atomic E-state index is -0.291. The summed E-state index contributed by atoms with van der Waals surface area (Å²) in [4.78, 5) is 12.7. The molecule has 10 heteroatoms. The van der Waals surface area contributed by atoms with E-state index in [1.807, 2.05) is 24.3 Å². The van der Waals surface area contributed by atoms with Gasteiger partial charge in [0.25, 0.3) is 5.91 Å². The number of amides is 1. The van der Waals surface area contributed by atoms with E-state index in [9.17, 15) is 4.79 Å². The molecule has 3 aromatic heterocycles. The fourth-order valence-electron chi connectivity index (χ4n) is 2.95. The molecule has 148 valence electrons. The molecule has 10 nitrogen and oxygen atoms in total. The van der Waals surface area contributed by atoms with Crippen LogP contribution in [0.2, 0.25) is 0 Å². The Kier molecular flexibility index (Phi) is 4.82. The molecule has 0 saturated carbocycles. The number of aromatic nitrogens is 6. The molecule has 1 N–H and O–H groups in total. The number of methoxy groups -OCH3 is 2. The second-order valence-electron chi connectivity index (χ2n) is 6.18. The fraction of sp³-hybridized carbons (Fsp3) is 0.211. The van der Waals surface area contributed by atoms with E-state index in [0.717, 1.165) is 5.56 Å². The number of nitrogens with one attached hydrogen (secondary N) is 1. The molecule has 29 heavy (non-hydrogen) atoms. The number of aryl methyl sites for hydroxylation is 1. The van der Waals surface area contributed by atoms with E-state index in [1.165, 1.54) is 16.3 Å². The molecule has 0 bridgehead atoms. The smallest absolute Gasteiger partial charge is 0.269 e. The third-order valence-corrected chi connectivity index (χ3v) is 4.41. The van der Waals surface area contributed by atoms with Gasteiger partial charge in [-0.15, -0.1) is 15.3 Å². The van der Waals surface area contributed by atoms with Gasteiger partial charge < -0.3 is 14.8 Å². The van der Waals surface area contributed by atoms with Gasteiger partial charge in [0.1, 0.15) is 11.4 Å². The van der Waals surface area contributed by atoms with Crippen molar-refractivity contribution in [2.45, 2.75) is 6.54 Å². The summed E-state index contributed by atoms with van der Waals surface area (Å²) in [6.07, 6.45) is 0. The van der Waals surface area contributed by atoms with Gasteiger partial charge in [0.05, 0.1) is 26.5 Å². The molecule has 4 rings (SSSR count). The Labute approximate surface area is 166 Å². The summed E-state index contributed by atoms with van der Waals surface area (Å²) in [5.74, 6) is 1.31. The Morgan fingerprint density at radius 2 is 1.90 bits per heavy atom. The summed E-state index contributed by atoms with van der Waals surface area (Å²) >= 11 is 0. The van der Waals surface area contributed by atoms with Gasteiger partial charge in [-0.05, 0) is 24.3 Å². The molecule has 1 aromatic carbocycles. The number of fused-ring (bicyclic) bond motifs is 1. The number of carbonyl (C=O) groups is 1. The van der Waals surface area contributed by atoms with E-state index >= 15 is 0 Å². The molecule has 0 atom stereocenters. The Bertz CT molecular complexity index is 1180. The maximum atomic E-state index is 12.7. The highest BCUT2D eigenvalue weighted by Gasteiger charge is 2.17. The van der Waals surface area contributed by atoms with Crippen LogP contribution in [0.5, 0.6) is 11.6 Å². The van der Waals surface area contributed by atoms with Gasteiger partial charge >= 0.3 is 0 Å². The Morgan fingerprint density at radius 3 is 2.69 bits per heavy atom. The van der Waals surface area contributed by atoms with E-state index in [2.05, 4.69) is 25.7 Å². The number of benzene rings is 1. The average molecular weight is 393 g/mol.